The van der Waals surface area contributed by atoms with Gasteiger partial charge in [-0.1, -0.05) is 0 Å². The van der Waals surface area contributed by atoms with Crippen LogP contribution in [0.5, 0.6) is 0 Å². The largest absolute Gasteiger partial charge is 0.481 e. The summed E-state index contributed by atoms with van der Waals surface area (Å²) in [6.07, 6.45) is -0.262. The zero-order valence-electron chi connectivity index (χ0n) is 14.4. The molecule has 1 atom stereocenters. The van der Waals surface area contributed by atoms with Gasteiger partial charge in [-0.3, -0.25) is 14.4 Å². The third kappa shape index (κ3) is 6.00. The van der Waals surface area contributed by atoms with Crippen LogP contribution in [-0.2, 0) is 9.53 Å². The van der Waals surface area contributed by atoms with Crippen molar-refractivity contribution in [1.29, 1.82) is 0 Å². The molecule has 1 unspecified atom stereocenters. The number of aliphatic carboxylic acids is 1. The molecule has 0 bridgehead atoms. The maximum Gasteiger partial charge on any atom is 0.305 e. The first-order chi connectivity index (χ1) is 11.2. The molecule has 0 aliphatic heterocycles. The van der Waals surface area contributed by atoms with Crippen molar-refractivity contribution in [3.63, 3.8) is 0 Å². The predicted octanol–water partition coefficient (Wildman–Crippen LogP) is 1.43. The lowest BCUT2D eigenvalue weighted by atomic mass is 9.98. The van der Waals surface area contributed by atoms with Crippen molar-refractivity contribution in [2.45, 2.75) is 38.8 Å². The van der Waals surface area contributed by atoms with Crippen LogP contribution in [0.4, 0.5) is 0 Å². The highest BCUT2D eigenvalue weighted by molar-refractivity contribution is 5.98. The Morgan fingerprint density at radius 1 is 1.12 bits per heavy atom. The Kier molecular flexibility index (Phi) is 6.91. The van der Waals surface area contributed by atoms with Gasteiger partial charge in [0.1, 0.15) is 0 Å². The van der Waals surface area contributed by atoms with E-state index in [-0.39, 0.29) is 25.0 Å². The highest BCUT2D eigenvalue weighted by Crippen LogP contribution is 2.13. The van der Waals surface area contributed by atoms with E-state index in [0.29, 0.717) is 11.1 Å². The molecule has 0 radical (unpaired) electrons. The van der Waals surface area contributed by atoms with Crippen LogP contribution in [0.1, 0.15) is 47.9 Å². The Bertz CT molecular complexity index is 598. The molecule has 0 saturated heterocycles. The van der Waals surface area contributed by atoms with Gasteiger partial charge in [0, 0.05) is 24.3 Å². The van der Waals surface area contributed by atoms with Crippen LogP contribution in [0.25, 0.3) is 0 Å². The number of carbonyl (C=O) groups is 3. The molecule has 1 rings (SSSR count). The van der Waals surface area contributed by atoms with E-state index < -0.39 is 17.4 Å². The van der Waals surface area contributed by atoms with Crippen molar-refractivity contribution in [3.05, 3.63) is 35.4 Å². The van der Waals surface area contributed by atoms with Crippen molar-refractivity contribution in [2.24, 2.45) is 0 Å². The summed E-state index contributed by atoms with van der Waals surface area (Å²) in [6, 6.07) is 6.18. The van der Waals surface area contributed by atoms with Crippen LogP contribution < -0.4 is 10.6 Å². The monoisotopic (exact) mass is 336 g/mol. The molecule has 0 aliphatic rings. The number of carboxylic acid groups (broad SMARTS) is 1. The summed E-state index contributed by atoms with van der Waals surface area (Å²) >= 11 is 0. The van der Waals surface area contributed by atoms with Crippen molar-refractivity contribution in [2.75, 3.05) is 13.7 Å². The van der Waals surface area contributed by atoms with Gasteiger partial charge in [0.05, 0.1) is 18.6 Å². The molecule has 1 aromatic carbocycles. The molecule has 0 spiro atoms. The van der Waals surface area contributed by atoms with E-state index in [9.17, 15) is 14.4 Å². The molecule has 7 nitrogen and oxygen atoms in total. The first-order valence-electron chi connectivity index (χ1n) is 7.61. The lowest BCUT2D eigenvalue weighted by Crippen LogP contribution is -2.50. The highest BCUT2D eigenvalue weighted by atomic mass is 16.5. The summed E-state index contributed by atoms with van der Waals surface area (Å²) in [5.74, 6) is -1.67. The number of carbonyl (C=O) groups excluding carboxylic acids is 2. The second kappa shape index (κ2) is 8.44. The van der Waals surface area contributed by atoms with Crippen LogP contribution >= 0.6 is 0 Å². The van der Waals surface area contributed by atoms with Crippen molar-refractivity contribution < 1.29 is 24.2 Å². The van der Waals surface area contributed by atoms with E-state index in [1.165, 1.54) is 19.2 Å². The van der Waals surface area contributed by atoms with Gasteiger partial charge in [-0.2, -0.15) is 0 Å². The molecular formula is C17H24N2O5. The minimum atomic E-state index is -1.03. The highest BCUT2D eigenvalue weighted by Gasteiger charge is 2.30. The van der Waals surface area contributed by atoms with Gasteiger partial charge in [0.2, 0.25) is 0 Å². The zero-order chi connectivity index (χ0) is 18.3. The number of carboxylic acids is 1. The van der Waals surface area contributed by atoms with Crippen LogP contribution in [-0.4, -0.2) is 48.2 Å². The SMILES string of the molecule is COCC(C)(CC(=O)O)NC(=O)c1ccc(C(=O)NC(C)C)cc1. The molecule has 0 aromatic heterocycles. The predicted molar refractivity (Wildman–Crippen MR) is 89.0 cm³/mol. The standard InChI is InChI=1S/C17H24N2O5/c1-11(2)18-15(22)12-5-7-13(8-6-12)16(23)19-17(3,10-24-4)9-14(20)21/h5-8,11H,9-10H2,1-4H3,(H,18,22)(H,19,23)(H,20,21). The number of benzene rings is 1. The normalized spacial score (nSPS) is 13.2. The van der Waals surface area contributed by atoms with Crippen LogP contribution in [0.2, 0.25) is 0 Å². The number of ether oxygens (including phenoxy) is 1. The smallest absolute Gasteiger partial charge is 0.305 e. The van der Waals surface area contributed by atoms with Gasteiger partial charge in [-0.15, -0.1) is 0 Å². The van der Waals surface area contributed by atoms with E-state index in [4.69, 9.17) is 9.84 Å². The lowest BCUT2D eigenvalue weighted by Gasteiger charge is -2.28. The molecule has 7 heteroatoms. The quantitative estimate of drug-likeness (QED) is 0.666. The number of nitrogens with one attached hydrogen (secondary N) is 2. The first kappa shape index (κ1) is 19.6. The van der Waals surface area contributed by atoms with Gasteiger partial charge in [-0.05, 0) is 45.0 Å². The molecule has 1 aromatic rings. The van der Waals surface area contributed by atoms with Gasteiger partial charge >= 0.3 is 5.97 Å². The Morgan fingerprint density at radius 2 is 1.62 bits per heavy atom. The summed E-state index contributed by atoms with van der Waals surface area (Å²) in [5, 5.41) is 14.4. The van der Waals surface area contributed by atoms with Crippen molar-refractivity contribution in [1.82, 2.24) is 10.6 Å². The van der Waals surface area contributed by atoms with Gasteiger partial charge < -0.3 is 20.5 Å². The van der Waals surface area contributed by atoms with E-state index in [0.717, 1.165) is 0 Å². The molecule has 132 valence electrons. The molecule has 0 fully saturated rings. The Balaban J connectivity index is 2.83. The summed E-state index contributed by atoms with van der Waals surface area (Å²) in [4.78, 5) is 35.2. The number of hydrogen-bond donors (Lipinski definition) is 3. The minimum absolute atomic E-state index is 0.0197. The average molecular weight is 336 g/mol. The maximum atomic E-state index is 12.3. The van der Waals surface area contributed by atoms with Gasteiger partial charge in [-0.25, -0.2) is 0 Å². The topological polar surface area (TPSA) is 105 Å². The number of rotatable bonds is 8. The molecule has 0 heterocycles. The fourth-order valence-corrected chi connectivity index (χ4v) is 2.25. The van der Waals surface area contributed by atoms with Crippen molar-refractivity contribution >= 4 is 17.8 Å². The Hall–Kier alpha value is -2.41. The lowest BCUT2D eigenvalue weighted by molar-refractivity contribution is -0.139. The molecule has 2 amide bonds. The van der Waals surface area contributed by atoms with E-state index >= 15 is 0 Å². The Morgan fingerprint density at radius 3 is 2.04 bits per heavy atom. The molecule has 3 N–H and O–H groups in total. The fourth-order valence-electron chi connectivity index (χ4n) is 2.25. The first-order valence-corrected chi connectivity index (χ1v) is 7.61. The van der Waals surface area contributed by atoms with Crippen molar-refractivity contribution in [3.8, 4) is 0 Å². The second-order valence-electron chi connectivity index (χ2n) is 6.22. The number of amides is 2. The van der Waals surface area contributed by atoms with Crippen LogP contribution in [0.3, 0.4) is 0 Å². The average Bonchev–Trinajstić information content (AvgIpc) is 2.45. The maximum absolute atomic E-state index is 12.3. The van der Waals surface area contributed by atoms with Gasteiger partial charge in [0.15, 0.2) is 0 Å². The number of hydrogen-bond acceptors (Lipinski definition) is 4. The molecule has 24 heavy (non-hydrogen) atoms. The van der Waals surface area contributed by atoms with Crippen LogP contribution in [0.15, 0.2) is 24.3 Å². The van der Waals surface area contributed by atoms with E-state index in [2.05, 4.69) is 10.6 Å². The number of methoxy groups -OCH3 is 1. The minimum Gasteiger partial charge on any atom is -0.481 e. The molecule has 0 saturated carbocycles. The second-order valence-corrected chi connectivity index (χ2v) is 6.22. The van der Waals surface area contributed by atoms with Gasteiger partial charge in [0.25, 0.3) is 11.8 Å². The third-order valence-corrected chi connectivity index (χ3v) is 3.25. The summed E-state index contributed by atoms with van der Waals surface area (Å²) in [6.45, 7) is 5.39. The van der Waals surface area contributed by atoms with Crippen LogP contribution in [0, 0.1) is 0 Å². The summed E-state index contributed by atoms with van der Waals surface area (Å²) in [5.41, 5.74) is -0.236. The van der Waals surface area contributed by atoms with E-state index in [1.807, 2.05) is 13.8 Å². The summed E-state index contributed by atoms with van der Waals surface area (Å²) in [7, 11) is 1.44. The Labute approximate surface area is 141 Å². The zero-order valence-corrected chi connectivity index (χ0v) is 14.4. The third-order valence-electron chi connectivity index (χ3n) is 3.25. The molecule has 0 aliphatic carbocycles. The summed E-state index contributed by atoms with van der Waals surface area (Å²) < 4.78 is 5.00. The van der Waals surface area contributed by atoms with E-state index in [1.54, 1.807) is 19.1 Å². The molecular weight excluding hydrogens is 312 g/mol. The fraction of sp³-hybridized carbons (Fsp3) is 0.471.